The number of Topliss-reactive ketones (excluding diaryl/α,β-unsaturated/α-hetero) is 1. The van der Waals surface area contributed by atoms with Crippen LogP contribution >= 0.6 is 11.6 Å². The van der Waals surface area contributed by atoms with Crippen LogP contribution in [0.4, 0.5) is 0 Å². The van der Waals surface area contributed by atoms with Crippen molar-refractivity contribution in [1.82, 2.24) is 14.0 Å². The topological polar surface area (TPSA) is 39.3 Å². The van der Waals surface area contributed by atoms with Gasteiger partial charge >= 0.3 is 0 Å². The molecule has 0 spiro atoms. The van der Waals surface area contributed by atoms with Crippen molar-refractivity contribution in [3.8, 4) is 5.69 Å². The Bertz CT molecular complexity index is 1230. The van der Waals surface area contributed by atoms with Crippen LogP contribution in [-0.4, -0.2) is 19.7 Å². The van der Waals surface area contributed by atoms with E-state index >= 15 is 0 Å². The lowest BCUT2D eigenvalue weighted by Crippen LogP contribution is -2.08. The molecule has 3 heterocycles. The summed E-state index contributed by atoms with van der Waals surface area (Å²) in [6.45, 7) is 2.03. The van der Waals surface area contributed by atoms with Gasteiger partial charge in [0.2, 0.25) is 0 Å². The zero-order chi connectivity index (χ0) is 21.4. The van der Waals surface area contributed by atoms with Gasteiger partial charge in [-0.05, 0) is 73.4 Å². The molecule has 0 N–H and O–H groups in total. The fourth-order valence-electron chi connectivity index (χ4n) is 4.59. The number of pyridine rings is 1. The van der Waals surface area contributed by atoms with E-state index in [1.165, 1.54) is 48.1 Å². The number of benzene rings is 1. The summed E-state index contributed by atoms with van der Waals surface area (Å²) in [5.41, 5.74) is 7.57. The number of ketones is 1. The van der Waals surface area contributed by atoms with Crippen molar-refractivity contribution in [3.05, 3.63) is 88.1 Å². The molecule has 0 amide bonds. The average molecular weight is 432 g/mol. The summed E-state index contributed by atoms with van der Waals surface area (Å²) < 4.78 is 4.10. The Kier molecular flexibility index (Phi) is 5.41. The molecule has 0 fully saturated rings. The standard InChI is InChI=1S/C26H26ClN3O/c1-2-23-26(30-14-13-21(27)15-25(30)28-23)24(31)12-9-18-7-10-22(11-8-18)29-16-19-5-3-4-6-20(19)17-29/h7-8,10-11,13-17H,2-6,9,12H2,1H3. The monoisotopic (exact) mass is 431 g/mol. The number of halogens is 1. The number of hydrogen-bond donors (Lipinski definition) is 0. The minimum Gasteiger partial charge on any atom is -0.323 e. The van der Waals surface area contributed by atoms with Gasteiger partial charge in [0.1, 0.15) is 11.3 Å². The van der Waals surface area contributed by atoms with Crippen LogP contribution in [0.1, 0.15) is 59.1 Å². The predicted molar refractivity (Wildman–Crippen MR) is 125 cm³/mol. The maximum absolute atomic E-state index is 13.1. The van der Waals surface area contributed by atoms with Crippen molar-refractivity contribution in [2.75, 3.05) is 0 Å². The van der Waals surface area contributed by atoms with E-state index < -0.39 is 0 Å². The number of hydrogen-bond acceptors (Lipinski definition) is 2. The van der Waals surface area contributed by atoms with Crippen molar-refractivity contribution in [2.45, 2.75) is 51.9 Å². The van der Waals surface area contributed by atoms with Gasteiger partial charge in [-0.15, -0.1) is 0 Å². The lowest BCUT2D eigenvalue weighted by Gasteiger charge is -2.08. The van der Waals surface area contributed by atoms with E-state index in [0.29, 0.717) is 23.6 Å². The molecule has 0 saturated carbocycles. The van der Waals surface area contributed by atoms with Crippen molar-refractivity contribution in [2.24, 2.45) is 0 Å². The van der Waals surface area contributed by atoms with Gasteiger partial charge in [0.15, 0.2) is 5.78 Å². The summed E-state index contributed by atoms with van der Waals surface area (Å²) in [7, 11) is 0. The molecule has 0 aliphatic heterocycles. The Hall–Kier alpha value is -2.85. The Morgan fingerprint density at radius 2 is 1.77 bits per heavy atom. The molecule has 5 heteroatoms. The maximum Gasteiger partial charge on any atom is 0.181 e. The minimum atomic E-state index is 0.119. The highest BCUT2D eigenvalue weighted by atomic mass is 35.5. The Morgan fingerprint density at radius 3 is 2.45 bits per heavy atom. The Balaban J connectivity index is 1.31. The molecule has 0 atom stereocenters. The Morgan fingerprint density at radius 1 is 1.06 bits per heavy atom. The van der Waals surface area contributed by atoms with Crippen molar-refractivity contribution >= 4 is 23.0 Å². The summed E-state index contributed by atoms with van der Waals surface area (Å²) in [6.07, 6.45) is 13.2. The van der Waals surface area contributed by atoms with Crippen LogP contribution < -0.4 is 0 Å². The number of carbonyl (C=O) groups excluding carboxylic acids is 1. The maximum atomic E-state index is 13.1. The van der Waals surface area contributed by atoms with Gasteiger partial charge in [-0.3, -0.25) is 9.20 Å². The highest BCUT2D eigenvalue weighted by Crippen LogP contribution is 2.25. The first-order valence-electron chi connectivity index (χ1n) is 11.1. The normalized spacial score (nSPS) is 13.5. The molecule has 3 aromatic heterocycles. The van der Waals surface area contributed by atoms with Gasteiger partial charge in [-0.2, -0.15) is 0 Å². The molecule has 1 aliphatic carbocycles. The van der Waals surface area contributed by atoms with Crippen molar-refractivity contribution in [1.29, 1.82) is 0 Å². The second-order valence-electron chi connectivity index (χ2n) is 8.35. The van der Waals surface area contributed by atoms with Gasteiger partial charge < -0.3 is 4.57 Å². The van der Waals surface area contributed by atoms with E-state index in [-0.39, 0.29) is 5.78 Å². The third-order valence-corrected chi connectivity index (χ3v) is 6.51. The van der Waals surface area contributed by atoms with E-state index in [2.05, 4.69) is 46.2 Å². The molecular formula is C26H26ClN3O. The van der Waals surface area contributed by atoms with Gasteiger partial charge in [0, 0.05) is 41.8 Å². The second kappa shape index (κ2) is 8.35. The summed E-state index contributed by atoms with van der Waals surface area (Å²) in [5.74, 6) is 0.119. The van der Waals surface area contributed by atoms with Crippen LogP contribution in [0.15, 0.2) is 55.0 Å². The highest BCUT2D eigenvalue weighted by Gasteiger charge is 2.18. The zero-order valence-electron chi connectivity index (χ0n) is 17.8. The second-order valence-corrected chi connectivity index (χ2v) is 8.78. The molecule has 0 unspecified atom stereocenters. The van der Waals surface area contributed by atoms with E-state index in [9.17, 15) is 4.79 Å². The fourth-order valence-corrected chi connectivity index (χ4v) is 4.74. The van der Waals surface area contributed by atoms with Gasteiger partial charge in [0.05, 0.1) is 5.69 Å². The van der Waals surface area contributed by atoms with Crippen molar-refractivity contribution < 1.29 is 4.79 Å². The average Bonchev–Trinajstić information content (AvgIpc) is 3.38. The molecule has 5 rings (SSSR count). The molecule has 0 bridgehead atoms. The molecule has 31 heavy (non-hydrogen) atoms. The highest BCUT2D eigenvalue weighted by molar-refractivity contribution is 6.30. The smallest absolute Gasteiger partial charge is 0.181 e. The van der Waals surface area contributed by atoms with Crippen LogP contribution in [0.25, 0.3) is 11.3 Å². The third kappa shape index (κ3) is 3.92. The Labute approximate surface area is 187 Å². The predicted octanol–water partition coefficient (Wildman–Crippen LogP) is 6.04. The van der Waals surface area contributed by atoms with Gasteiger partial charge in [0.25, 0.3) is 0 Å². The number of aromatic nitrogens is 3. The lowest BCUT2D eigenvalue weighted by molar-refractivity contribution is 0.0976. The SMILES string of the molecule is CCc1nc2cc(Cl)ccn2c1C(=O)CCc1ccc(-n2cc3c(c2)CCCC3)cc1. The number of aryl methyl sites for hydroxylation is 4. The number of fused-ring (bicyclic) bond motifs is 2. The van der Waals surface area contributed by atoms with Crippen LogP contribution in [0.2, 0.25) is 5.02 Å². The summed E-state index contributed by atoms with van der Waals surface area (Å²) in [6, 6.07) is 12.2. The van der Waals surface area contributed by atoms with Gasteiger partial charge in [-0.25, -0.2) is 4.98 Å². The van der Waals surface area contributed by atoms with Crippen LogP contribution in [0, 0.1) is 0 Å². The third-order valence-electron chi connectivity index (χ3n) is 6.28. The van der Waals surface area contributed by atoms with Crippen molar-refractivity contribution in [3.63, 3.8) is 0 Å². The number of imidazole rings is 1. The minimum absolute atomic E-state index is 0.119. The van der Waals surface area contributed by atoms with E-state index in [0.717, 1.165) is 17.8 Å². The summed E-state index contributed by atoms with van der Waals surface area (Å²) >= 11 is 6.09. The summed E-state index contributed by atoms with van der Waals surface area (Å²) in [4.78, 5) is 17.7. The van der Waals surface area contributed by atoms with Crippen LogP contribution in [-0.2, 0) is 25.7 Å². The first-order chi connectivity index (χ1) is 15.1. The fraction of sp³-hybridized carbons (Fsp3) is 0.308. The van der Waals surface area contributed by atoms with Gasteiger partial charge in [-0.1, -0.05) is 30.7 Å². The number of rotatable bonds is 6. The van der Waals surface area contributed by atoms with E-state index in [1.807, 2.05) is 17.5 Å². The molecule has 158 valence electrons. The molecule has 4 nitrogen and oxygen atoms in total. The first kappa shape index (κ1) is 20.1. The molecule has 1 aliphatic rings. The lowest BCUT2D eigenvalue weighted by atomic mass is 9.96. The summed E-state index contributed by atoms with van der Waals surface area (Å²) in [5, 5.41) is 0.628. The number of carbonyl (C=O) groups is 1. The molecular weight excluding hydrogens is 406 g/mol. The molecule has 0 saturated heterocycles. The van der Waals surface area contributed by atoms with Crippen LogP contribution in [0.5, 0.6) is 0 Å². The molecule has 4 aromatic rings. The quantitative estimate of drug-likeness (QED) is 0.349. The largest absolute Gasteiger partial charge is 0.323 e. The zero-order valence-corrected chi connectivity index (χ0v) is 18.5. The molecule has 1 aromatic carbocycles. The van der Waals surface area contributed by atoms with E-state index in [4.69, 9.17) is 11.6 Å². The molecule has 0 radical (unpaired) electrons. The van der Waals surface area contributed by atoms with Crippen LogP contribution in [0.3, 0.4) is 0 Å². The first-order valence-corrected chi connectivity index (χ1v) is 11.5. The number of nitrogens with zero attached hydrogens (tertiary/aromatic N) is 3. The van der Waals surface area contributed by atoms with E-state index in [1.54, 1.807) is 12.1 Å².